The summed E-state index contributed by atoms with van der Waals surface area (Å²) in [5.74, 6) is -2.08. The molecule has 74 valence electrons. The van der Waals surface area contributed by atoms with Crippen LogP contribution in [-0.4, -0.2) is 6.17 Å². The largest absolute Gasteiger partial charge is 0.238 e. The third-order valence-corrected chi connectivity index (χ3v) is 2.12. The number of hydrogen-bond acceptors (Lipinski definition) is 1. The second-order valence-electron chi connectivity index (χ2n) is 3.27. The van der Waals surface area contributed by atoms with Crippen molar-refractivity contribution >= 4 is 0 Å². The van der Waals surface area contributed by atoms with Crippen LogP contribution in [0, 0.1) is 23.2 Å². The molecule has 13 heavy (non-hydrogen) atoms. The Morgan fingerprint density at radius 2 is 2.15 bits per heavy atom. The van der Waals surface area contributed by atoms with Gasteiger partial charge in [-0.2, -0.15) is 5.26 Å². The third kappa shape index (κ3) is 3.54. The molecule has 0 aliphatic carbocycles. The van der Waals surface area contributed by atoms with Crippen molar-refractivity contribution in [1.82, 2.24) is 0 Å². The van der Waals surface area contributed by atoms with Crippen LogP contribution < -0.4 is 0 Å². The third-order valence-electron chi connectivity index (χ3n) is 2.12. The van der Waals surface area contributed by atoms with Gasteiger partial charge in [-0.15, -0.1) is 0 Å². The van der Waals surface area contributed by atoms with E-state index in [0.29, 0.717) is 0 Å². The van der Waals surface area contributed by atoms with Crippen molar-refractivity contribution < 1.29 is 8.78 Å². The molecule has 0 bridgehead atoms. The van der Waals surface area contributed by atoms with Crippen molar-refractivity contribution in [2.45, 2.75) is 32.9 Å². The number of alkyl halides is 1. The lowest BCUT2D eigenvalue weighted by Crippen LogP contribution is -2.22. The number of hydrogen-bond donors (Lipinski definition) is 0. The molecule has 0 aromatic carbocycles. The van der Waals surface area contributed by atoms with Crippen LogP contribution in [-0.2, 0) is 0 Å². The first-order valence-electron chi connectivity index (χ1n) is 4.42. The Morgan fingerprint density at radius 1 is 1.62 bits per heavy atom. The van der Waals surface area contributed by atoms with Crippen LogP contribution in [0.5, 0.6) is 0 Å². The fourth-order valence-corrected chi connectivity index (χ4v) is 1.31. The van der Waals surface area contributed by atoms with Crippen LogP contribution in [0.15, 0.2) is 12.4 Å². The van der Waals surface area contributed by atoms with Crippen molar-refractivity contribution in [2.75, 3.05) is 0 Å². The molecule has 0 fully saturated rings. The highest BCUT2D eigenvalue weighted by molar-refractivity contribution is 5.03. The molecule has 0 N–H and O–H groups in total. The SMILES string of the molecule is C=C(F)C(F)C(C#N)C(C)CCC. The Kier molecular flexibility index (Phi) is 5.29. The molecule has 0 aromatic heterocycles. The zero-order chi connectivity index (χ0) is 10.4. The van der Waals surface area contributed by atoms with Gasteiger partial charge in [-0.1, -0.05) is 26.8 Å². The topological polar surface area (TPSA) is 23.8 Å². The summed E-state index contributed by atoms with van der Waals surface area (Å²) in [6.07, 6.45) is -0.247. The molecule has 3 heteroatoms. The number of nitrogens with zero attached hydrogens (tertiary/aromatic N) is 1. The van der Waals surface area contributed by atoms with Crippen molar-refractivity contribution in [3.05, 3.63) is 12.4 Å². The molecule has 3 unspecified atom stereocenters. The summed E-state index contributed by atoms with van der Waals surface area (Å²) in [4.78, 5) is 0. The van der Waals surface area contributed by atoms with Gasteiger partial charge in [-0.25, -0.2) is 8.78 Å². The number of nitriles is 1. The minimum Gasteiger partial charge on any atom is -0.238 e. The van der Waals surface area contributed by atoms with Crippen molar-refractivity contribution in [2.24, 2.45) is 11.8 Å². The number of allylic oxidation sites excluding steroid dienone is 1. The fraction of sp³-hybridized carbons (Fsp3) is 0.700. The summed E-state index contributed by atoms with van der Waals surface area (Å²) in [6.45, 7) is 6.58. The molecular weight excluding hydrogens is 172 g/mol. The highest BCUT2D eigenvalue weighted by atomic mass is 19.2. The van der Waals surface area contributed by atoms with E-state index in [9.17, 15) is 8.78 Å². The van der Waals surface area contributed by atoms with E-state index in [-0.39, 0.29) is 5.92 Å². The molecule has 1 nitrogen and oxygen atoms in total. The predicted molar refractivity (Wildman–Crippen MR) is 48.3 cm³/mol. The summed E-state index contributed by atoms with van der Waals surface area (Å²) in [6, 6.07) is 1.79. The van der Waals surface area contributed by atoms with Gasteiger partial charge < -0.3 is 0 Å². The minimum absolute atomic E-state index is 0.127. The Labute approximate surface area is 78.1 Å². The molecule has 0 saturated heterocycles. The van der Waals surface area contributed by atoms with Gasteiger partial charge in [0.1, 0.15) is 5.83 Å². The first kappa shape index (κ1) is 12.1. The summed E-state index contributed by atoms with van der Waals surface area (Å²) in [5.41, 5.74) is 0. The van der Waals surface area contributed by atoms with Crippen LogP contribution in [0.4, 0.5) is 8.78 Å². The van der Waals surface area contributed by atoms with Crippen LogP contribution >= 0.6 is 0 Å². The van der Waals surface area contributed by atoms with Gasteiger partial charge in [0, 0.05) is 0 Å². The van der Waals surface area contributed by atoms with E-state index < -0.39 is 17.9 Å². The fourth-order valence-electron chi connectivity index (χ4n) is 1.31. The first-order valence-corrected chi connectivity index (χ1v) is 4.42. The predicted octanol–water partition coefficient (Wildman–Crippen LogP) is 3.38. The van der Waals surface area contributed by atoms with E-state index >= 15 is 0 Å². The van der Waals surface area contributed by atoms with Gasteiger partial charge in [0.15, 0.2) is 6.17 Å². The van der Waals surface area contributed by atoms with Gasteiger partial charge in [0.2, 0.25) is 0 Å². The van der Waals surface area contributed by atoms with Gasteiger partial charge in [0.25, 0.3) is 0 Å². The van der Waals surface area contributed by atoms with Gasteiger partial charge in [-0.05, 0) is 12.3 Å². The van der Waals surface area contributed by atoms with Gasteiger partial charge >= 0.3 is 0 Å². The summed E-state index contributed by atoms with van der Waals surface area (Å²) < 4.78 is 25.5. The van der Waals surface area contributed by atoms with Crippen molar-refractivity contribution in [3.63, 3.8) is 0 Å². The Morgan fingerprint density at radius 3 is 2.46 bits per heavy atom. The molecule has 0 amide bonds. The molecule has 0 heterocycles. The van der Waals surface area contributed by atoms with Gasteiger partial charge in [0.05, 0.1) is 12.0 Å². The van der Waals surface area contributed by atoms with E-state index in [1.165, 1.54) is 0 Å². The Balaban J connectivity index is 4.34. The first-order chi connectivity index (χ1) is 6.04. The Hall–Kier alpha value is -0.910. The molecular formula is C10H15F2N. The molecule has 0 saturated carbocycles. The van der Waals surface area contributed by atoms with Gasteiger partial charge in [-0.3, -0.25) is 0 Å². The monoisotopic (exact) mass is 187 g/mol. The maximum atomic E-state index is 13.1. The van der Waals surface area contributed by atoms with Crippen molar-refractivity contribution in [3.8, 4) is 6.07 Å². The van der Waals surface area contributed by atoms with Crippen molar-refractivity contribution in [1.29, 1.82) is 5.26 Å². The summed E-state index contributed by atoms with van der Waals surface area (Å²) in [7, 11) is 0. The average Bonchev–Trinajstić information content (AvgIpc) is 2.05. The highest BCUT2D eigenvalue weighted by Gasteiger charge is 2.28. The summed E-state index contributed by atoms with van der Waals surface area (Å²) >= 11 is 0. The standard InChI is InChI=1S/C10H15F2N/c1-4-5-7(2)9(6-13)10(12)8(3)11/h7,9-10H,3-5H2,1-2H3. The zero-order valence-corrected chi connectivity index (χ0v) is 8.06. The smallest absolute Gasteiger partial charge is 0.167 e. The van der Waals surface area contributed by atoms with E-state index in [1.807, 2.05) is 6.92 Å². The molecule has 0 spiro atoms. The molecule has 0 aliphatic rings. The van der Waals surface area contributed by atoms with E-state index in [0.717, 1.165) is 12.8 Å². The lowest BCUT2D eigenvalue weighted by molar-refractivity contribution is 0.215. The average molecular weight is 187 g/mol. The number of halogens is 2. The maximum Gasteiger partial charge on any atom is 0.167 e. The van der Waals surface area contributed by atoms with E-state index in [1.54, 1.807) is 13.0 Å². The quantitative estimate of drug-likeness (QED) is 0.647. The molecule has 0 aromatic rings. The van der Waals surface area contributed by atoms with E-state index in [4.69, 9.17) is 5.26 Å². The lowest BCUT2D eigenvalue weighted by atomic mass is 9.87. The van der Waals surface area contributed by atoms with Crippen LogP contribution in [0.25, 0.3) is 0 Å². The zero-order valence-electron chi connectivity index (χ0n) is 8.06. The Bertz CT molecular complexity index is 207. The van der Waals surface area contributed by atoms with Crippen LogP contribution in [0.1, 0.15) is 26.7 Å². The molecule has 0 radical (unpaired) electrons. The van der Waals surface area contributed by atoms with E-state index in [2.05, 4.69) is 6.58 Å². The summed E-state index contributed by atoms with van der Waals surface area (Å²) in [5, 5.41) is 8.64. The number of rotatable bonds is 5. The lowest BCUT2D eigenvalue weighted by Gasteiger charge is -2.18. The highest BCUT2D eigenvalue weighted by Crippen LogP contribution is 2.26. The minimum atomic E-state index is -1.84. The maximum absolute atomic E-state index is 13.1. The normalized spacial score (nSPS) is 17.2. The molecule has 0 aliphatic heterocycles. The molecule has 0 rings (SSSR count). The second kappa shape index (κ2) is 5.69. The molecule has 3 atom stereocenters. The van der Waals surface area contributed by atoms with Crippen LogP contribution in [0.3, 0.4) is 0 Å². The van der Waals surface area contributed by atoms with Crippen LogP contribution in [0.2, 0.25) is 0 Å². The second-order valence-corrected chi connectivity index (χ2v) is 3.27.